The van der Waals surface area contributed by atoms with E-state index in [1.165, 1.54) is 0 Å². The number of rotatable bonds is 5. The molecule has 0 aromatic heterocycles. The van der Waals surface area contributed by atoms with Gasteiger partial charge in [0.05, 0.1) is 17.6 Å². The van der Waals surface area contributed by atoms with Gasteiger partial charge in [-0.15, -0.1) is 0 Å². The highest BCUT2D eigenvalue weighted by atomic mass is 16.2. The molecule has 1 saturated heterocycles. The predicted molar refractivity (Wildman–Crippen MR) is 105 cm³/mol. The number of carbonyl (C=O) groups is 2. The Morgan fingerprint density at radius 3 is 2.69 bits per heavy atom. The molecule has 1 aliphatic rings. The Morgan fingerprint density at radius 2 is 1.96 bits per heavy atom. The van der Waals surface area contributed by atoms with Crippen molar-refractivity contribution in [1.82, 2.24) is 4.90 Å². The van der Waals surface area contributed by atoms with Crippen LogP contribution >= 0.6 is 0 Å². The summed E-state index contributed by atoms with van der Waals surface area (Å²) in [4.78, 5) is 28.8. The van der Waals surface area contributed by atoms with Gasteiger partial charge in [-0.25, -0.2) is 0 Å². The fraction of sp³-hybridized carbons (Fsp3) is 0.429. The van der Waals surface area contributed by atoms with Gasteiger partial charge in [-0.2, -0.15) is 0 Å². The number of nitrogens with zero attached hydrogens (tertiary/aromatic N) is 2. The van der Waals surface area contributed by atoms with Gasteiger partial charge in [0.15, 0.2) is 0 Å². The number of carbonyl (C=O) groups excluding carboxylic acids is 2. The van der Waals surface area contributed by atoms with Crippen LogP contribution in [0.15, 0.2) is 42.5 Å². The normalized spacial score (nSPS) is 19.2. The average molecular weight is 353 g/mol. The van der Waals surface area contributed by atoms with Crippen LogP contribution in [0.1, 0.15) is 26.7 Å². The number of amides is 2. The molecule has 2 aromatic rings. The largest absolute Gasteiger partial charge is 0.369 e. The number of hydrogen-bond acceptors (Lipinski definition) is 3. The third kappa shape index (κ3) is 3.58. The quantitative estimate of drug-likeness (QED) is 0.899. The minimum absolute atomic E-state index is 0.0639. The summed E-state index contributed by atoms with van der Waals surface area (Å²) in [6, 6.07) is 13.9. The van der Waals surface area contributed by atoms with Crippen molar-refractivity contribution in [1.29, 1.82) is 0 Å². The lowest BCUT2D eigenvalue weighted by Crippen LogP contribution is -2.52. The van der Waals surface area contributed by atoms with Gasteiger partial charge < -0.3 is 10.6 Å². The summed E-state index contributed by atoms with van der Waals surface area (Å²) in [5.41, 5.74) is 6.42. The van der Waals surface area contributed by atoms with Crippen molar-refractivity contribution in [2.24, 2.45) is 11.7 Å². The molecule has 0 bridgehead atoms. The molecule has 2 atom stereocenters. The highest BCUT2D eigenvalue weighted by Gasteiger charge is 2.32. The van der Waals surface area contributed by atoms with Crippen LogP contribution < -0.4 is 10.6 Å². The van der Waals surface area contributed by atoms with Crippen LogP contribution in [0.4, 0.5) is 5.69 Å². The molecule has 0 saturated carbocycles. The zero-order valence-electron chi connectivity index (χ0n) is 15.5. The first kappa shape index (κ1) is 18.4. The van der Waals surface area contributed by atoms with E-state index in [4.69, 9.17) is 5.73 Å². The van der Waals surface area contributed by atoms with Crippen molar-refractivity contribution in [3.8, 4) is 0 Å². The molecule has 5 heteroatoms. The van der Waals surface area contributed by atoms with Gasteiger partial charge in [-0.1, -0.05) is 36.4 Å². The lowest BCUT2D eigenvalue weighted by molar-refractivity contribution is -0.128. The molecular weight excluding hydrogens is 326 g/mol. The highest BCUT2D eigenvalue weighted by Crippen LogP contribution is 2.28. The van der Waals surface area contributed by atoms with Gasteiger partial charge in [-0.3, -0.25) is 14.5 Å². The van der Waals surface area contributed by atoms with E-state index in [1.807, 2.05) is 43.0 Å². The second kappa shape index (κ2) is 7.87. The summed E-state index contributed by atoms with van der Waals surface area (Å²) in [6.07, 6.45) is 1.71. The van der Waals surface area contributed by atoms with E-state index in [1.54, 1.807) is 0 Å². The van der Waals surface area contributed by atoms with Crippen molar-refractivity contribution in [2.45, 2.75) is 32.7 Å². The average Bonchev–Trinajstić information content (AvgIpc) is 2.68. The molecule has 138 valence electrons. The number of hydrogen-bond donors (Lipinski definition) is 1. The molecule has 0 spiro atoms. The highest BCUT2D eigenvalue weighted by molar-refractivity contribution is 6.05. The van der Waals surface area contributed by atoms with Gasteiger partial charge in [0.25, 0.3) is 0 Å². The summed E-state index contributed by atoms with van der Waals surface area (Å²) in [6.45, 7) is 5.91. The first-order valence-electron chi connectivity index (χ1n) is 9.35. The van der Waals surface area contributed by atoms with Crippen LogP contribution in [0.5, 0.6) is 0 Å². The monoisotopic (exact) mass is 353 g/mol. The van der Waals surface area contributed by atoms with Gasteiger partial charge in [-0.05, 0) is 44.7 Å². The zero-order chi connectivity index (χ0) is 18.7. The first-order chi connectivity index (χ1) is 12.5. The Labute approximate surface area is 154 Å². The molecule has 0 aliphatic carbocycles. The summed E-state index contributed by atoms with van der Waals surface area (Å²) in [5, 5.41) is 2.20. The Balaban J connectivity index is 1.85. The number of primary amides is 1. The smallest absolute Gasteiger partial charge is 0.244 e. The van der Waals surface area contributed by atoms with Crippen molar-refractivity contribution in [3.05, 3.63) is 42.5 Å². The topological polar surface area (TPSA) is 66.6 Å². The van der Waals surface area contributed by atoms with Crippen LogP contribution in [0.25, 0.3) is 10.8 Å². The van der Waals surface area contributed by atoms with Crippen LogP contribution in [0.2, 0.25) is 0 Å². The van der Waals surface area contributed by atoms with Crippen LogP contribution in [0, 0.1) is 5.92 Å². The number of benzene rings is 2. The summed E-state index contributed by atoms with van der Waals surface area (Å²) in [5.74, 6) is -0.364. The molecule has 26 heavy (non-hydrogen) atoms. The van der Waals surface area contributed by atoms with E-state index in [2.05, 4.69) is 23.1 Å². The zero-order valence-corrected chi connectivity index (χ0v) is 15.5. The second-order valence-corrected chi connectivity index (χ2v) is 6.99. The third-order valence-corrected chi connectivity index (χ3v) is 5.40. The SMILES string of the molecule is CCN(C(=O)[C@H](C)N1CCC[C@H](C(N)=O)C1)c1cccc2ccccc12. The maximum Gasteiger partial charge on any atom is 0.244 e. The number of likely N-dealkylation sites (N-methyl/N-ethyl adjacent to an activating group) is 1. The fourth-order valence-corrected chi connectivity index (χ4v) is 3.86. The Morgan fingerprint density at radius 1 is 1.23 bits per heavy atom. The van der Waals surface area contributed by atoms with Gasteiger partial charge in [0.1, 0.15) is 0 Å². The molecule has 2 N–H and O–H groups in total. The standard InChI is InChI=1S/C21H27N3O2/c1-3-24(19-12-6-9-16-8-4-5-11-18(16)19)21(26)15(2)23-13-7-10-17(14-23)20(22)25/h4-6,8-9,11-12,15,17H,3,7,10,13-14H2,1-2H3,(H2,22,25)/t15-,17-/m0/s1. The number of fused-ring (bicyclic) bond motifs is 1. The van der Waals surface area contributed by atoms with Crippen molar-refractivity contribution < 1.29 is 9.59 Å². The molecule has 2 amide bonds. The molecule has 2 aromatic carbocycles. The number of likely N-dealkylation sites (tertiary alicyclic amines) is 1. The Kier molecular flexibility index (Phi) is 5.57. The van der Waals surface area contributed by atoms with Crippen LogP contribution in [0.3, 0.4) is 0 Å². The number of piperidine rings is 1. The number of nitrogens with two attached hydrogens (primary N) is 1. The number of anilines is 1. The van der Waals surface area contributed by atoms with Crippen molar-refractivity contribution >= 4 is 28.3 Å². The minimum atomic E-state index is -0.281. The molecule has 3 rings (SSSR count). The van der Waals surface area contributed by atoms with Gasteiger partial charge in [0.2, 0.25) is 11.8 Å². The van der Waals surface area contributed by atoms with Crippen molar-refractivity contribution in [2.75, 3.05) is 24.5 Å². The summed E-state index contributed by atoms with van der Waals surface area (Å²) in [7, 11) is 0. The van der Waals surface area contributed by atoms with Crippen LogP contribution in [-0.4, -0.2) is 42.4 Å². The molecule has 1 aliphatic heterocycles. The van der Waals surface area contributed by atoms with Crippen LogP contribution in [-0.2, 0) is 9.59 Å². The maximum atomic E-state index is 13.3. The lowest BCUT2D eigenvalue weighted by Gasteiger charge is -2.37. The summed E-state index contributed by atoms with van der Waals surface area (Å²) >= 11 is 0. The van der Waals surface area contributed by atoms with Gasteiger partial charge >= 0.3 is 0 Å². The molecule has 1 heterocycles. The maximum absolute atomic E-state index is 13.3. The van der Waals surface area contributed by atoms with E-state index < -0.39 is 0 Å². The summed E-state index contributed by atoms with van der Waals surface area (Å²) < 4.78 is 0. The van der Waals surface area contributed by atoms with E-state index in [0.29, 0.717) is 13.1 Å². The van der Waals surface area contributed by atoms with E-state index in [9.17, 15) is 9.59 Å². The molecular formula is C21H27N3O2. The predicted octanol–water partition coefficient (Wildman–Crippen LogP) is 2.78. The van der Waals surface area contributed by atoms with E-state index >= 15 is 0 Å². The third-order valence-electron chi connectivity index (χ3n) is 5.40. The van der Waals surface area contributed by atoms with Crippen molar-refractivity contribution in [3.63, 3.8) is 0 Å². The minimum Gasteiger partial charge on any atom is -0.369 e. The Bertz CT molecular complexity index is 799. The molecule has 5 nitrogen and oxygen atoms in total. The first-order valence-corrected chi connectivity index (χ1v) is 9.35. The van der Waals surface area contributed by atoms with E-state index in [0.717, 1.165) is 35.8 Å². The molecule has 0 unspecified atom stereocenters. The van der Waals surface area contributed by atoms with E-state index in [-0.39, 0.29) is 23.8 Å². The fourth-order valence-electron chi connectivity index (χ4n) is 3.86. The lowest BCUT2D eigenvalue weighted by atomic mass is 9.96. The second-order valence-electron chi connectivity index (χ2n) is 6.99. The Hall–Kier alpha value is -2.40. The van der Waals surface area contributed by atoms with Gasteiger partial charge in [0, 0.05) is 18.5 Å². The molecule has 0 radical (unpaired) electrons. The molecule has 1 fully saturated rings.